The zero-order valence-corrected chi connectivity index (χ0v) is 18.0. The summed E-state index contributed by atoms with van der Waals surface area (Å²) in [4.78, 5) is 47.4. The van der Waals surface area contributed by atoms with Crippen molar-refractivity contribution in [1.29, 1.82) is 0 Å². The minimum atomic E-state index is -0.256. The van der Waals surface area contributed by atoms with Gasteiger partial charge in [0.1, 0.15) is 11.5 Å². The number of thiophene rings is 1. The summed E-state index contributed by atoms with van der Waals surface area (Å²) >= 11 is 1.74. The molecule has 3 aromatic rings. The van der Waals surface area contributed by atoms with Crippen LogP contribution in [0.3, 0.4) is 0 Å². The molecule has 31 heavy (non-hydrogen) atoms. The maximum atomic E-state index is 13.1. The number of nitrogens with one attached hydrogen (secondary N) is 1. The van der Waals surface area contributed by atoms with E-state index in [9.17, 15) is 9.59 Å². The van der Waals surface area contributed by atoms with Crippen LogP contribution in [-0.2, 0) is 19.5 Å². The average Bonchev–Trinajstić information content (AvgIpc) is 3.32. The van der Waals surface area contributed by atoms with E-state index >= 15 is 0 Å². The van der Waals surface area contributed by atoms with Gasteiger partial charge in [0.25, 0.3) is 11.5 Å². The van der Waals surface area contributed by atoms with Gasteiger partial charge in [-0.2, -0.15) is 0 Å². The predicted molar refractivity (Wildman–Crippen MR) is 117 cm³/mol. The van der Waals surface area contributed by atoms with Crippen molar-refractivity contribution in [2.45, 2.75) is 44.8 Å². The van der Waals surface area contributed by atoms with Gasteiger partial charge < -0.3 is 9.88 Å². The SMILES string of the molecule is O=C(c1cnccn1)N1CCCCC1c1nc2c(c(=O)[nH]1)CCN(Cc1cccs1)C2. The van der Waals surface area contributed by atoms with E-state index in [4.69, 9.17) is 4.98 Å². The monoisotopic (exact) mass is 436 g/mol. The lowest BCUT2D eigenvalue weighted by molar-refractivity contribution is 0.0592. The Morgan fingerprint density at radius 2 is 2.19 bits per heavy atom. The van der Waals surface area contributed by atoms with E-state index in [1.54, 1.807) is 22.4 Å². The average molecular weight is 437 g/mol. The first-order chi connectivity index (χ1) is 15.2. The van der Waals surface area contributed by atoms with Crippen molar-refractivity contribution in [3.05, 3.63) is 74.1 Å². The minimum absolute atomic E-state index is 0.0757. The molecule has 2 aliphatic rings. The Bertz CT molecular complexity index is 1110. The Hall–Kier alpha value is -2.91. The highest BCUT2D eigenvalue weighted by molar-refractivity contribution is 7.09. The number of carbonyl (C=O) groups excluding carboxylic acids is 1. The molecular weight excluding hydrogens is 412 g/mol. The van der Waals surface area contributed by atoms with E-state index in [2.05, 4.69) is 37.4 Å². The van der Waals surface area contributed by atoms with Crippen molar-refractivity contribution in [2.24, 2.45) is 0 Å². The van der Waals surface area contributed by atoms with Crippen molar-refractivity contribution in [3.8, 4) is 0 Å². The molecule has 160 valence electrons. The molecule has 0 spiro atoms. The Kier molecular flexibility index (Phi) is 5.61. The maximum absolute atomic E-state index is 13.1. The molecule has 5 heterocycles. The molecule has 0 radical (unpaired) electrons. The summed E-state index contributed by atoms with van der Waals surface area (Å²) in [7, 11) is 0. The van der Waals surface area contributed by atoms with Crippen molar-refractivity contribution in [3.63, 3.8) is 0 Å². The van der Waals surface area contributed by atoms with Gasteiger partial charge in [0.15, 0.2) is 0 Å². The van der Waals surface area contributed by atoms with Crippen LogP contribution in [0, 0.1) is 0 Å². The second-order valence-corrected chi connectivity index (χ2v) is 9.05. The Morgan fingerprint density at radius 1 is 1.26 bits per heavy atom. The molecule has 8 nitrogen and oxygen atoms in total. The summed E-state index contributed by atoms with van der Waals surface area (Å²) in [6.45, 7) is 2.97. The summed E-state index contributed by atoms with van der Waals surface area (Å²) in [5.74, 6) is 0.413. The normalized spacial score (nSPS) is 19.2. The number of amides is 1. The Morgan fingerprint density at radius 3 is 3.00 bits per heavy atom. The van der Waals surface area contributed by atoms with Crippen LogP contribution in [0.1, 0.15) is 57.8 Å². The van der Waals surface area contributed by atoms with Crippen LogP contribution in [0.5, 0.6) is 0 Å². The van der Waals surface area contributed by atoms with Crippen molar-refractivity contribution in [2.75, 3.05) is 13.1 Å². The molecule has 9 heteroatoms. The highest BCUT2D eigenvalue weighted by Gasteiger charge is 2.32. The van der Waals surface area contributed by atoms with Crippen LogP contribution in [-0.4, -0.2) is 48.7 Å². The van der Waals surface area contributed by atoms with E-state index in [1.807, 2.05) is 0 Å². The number of piperidine rings is 1. The molecule has 0 aromatic carbocycles. The lowest BCUT2D eigenvalue weighted by Gasteiger charge is -2.35. The number of hydrogen-bond acceptors (Lipinski definition) is 7. The number of rotatable bonds is 4. The summed E-state index contributed by atoms with van der Waals surface area (Å²) in [6.07, 6.45) is 7.93. The summed E-state index contributed by atoms with van der Waals surface area (Å²) in [5, 5.41) is 2.08. The molecule has 3 aromatic heterocycles. The molecule has 1 unspecified atom stereocenters. The minimum Gasteiger partial charge on any atom is -0.327 e. The van der Waals surface area contributed by atoms with Gasteiger partial charge in [-0.15, -0.1) is 11.3 Å². The van der Waals surface area contributed by atoms with Crippen molar-refractivity contribution >= 4 is 17.2 Å². The molecule has 0 aliphatic carbocycles. The number of aromatic amines is 1. The smallest absolute Gasteiger partial charge is 0.274 e. The van der Waals surface area contributed by atoms with E-state index in [0.717, 1.165) is 43.6 Å². The van der Waals surface area contributed by atoms with Crippen LogP contribution in [0.4, 0.5) is 0 Å². The number of carbonyl (C=O) groups is 1. The van der Waals surface area contributed by atoms with Crippen LogP contribution >= 0.6 is 11.3 Å². The first-order valence-corrected chi connectivity index (χ1v) is 11.5. The zero-order chi connectivity index (χ0) is 21.2. The number of H-pyrrole nitrogens is 1. The van der Waals surface area contributed by atoms with E-state index in [-0.39, 0.29) is 17.5 Å². The highest BCUT2D eigenvalue weighted by atomic mass is 32.1. The Balaban J connectivity index is 1.42. The number of likely N-dealkylation sites (tertiary alicyclic amines) is 1. The number of aromatic nitrogens is 4. The number of hydrogen-bond donors (Lipinski definition) is 1. The van der Waals surface area contributed by atoms with Crippen molar-refractivity contribution in [1.82, 2.24) is 29.7 Å². The molecule has 1 amide bonds. The third-order valence-corrected chi connectivity index (χ3v) is 6.85. The zero-order valence-electron chi connectivity index (χ0n) is 17.2. The third-order valence-electron chi connectivity index (χ3n) is 5.99. The summed E-state index contributed by atoms with van der Waals surface area (Å²) in [5.41, 5.74) is 1.85. The van der Waals surface area contributed by atoms with Gasteiger partial charge in [0.2, 0.25) is 0 Å². The molecule has 0 bridgehead atoms. The first kappa shape index (κ1) is 20.0. The first-order valence-electron chi connectivity index (χ1n) is 10.6. The standard InChI is InChI=1S/C22H24N6O2S/c29-21-16-6-10-27(13-15-4-3-11-31-15)14-18(16)25-20(26-21)19-5-1-2-9-28(19)22(30)17-12-23-7-8-24-17/h3-4,7-8,11-12,19H,1-2,5-6,9-10,13-14H2,(H,25,26,29). The van der Waals surface area contributed by atoms with E-state index in [1.165, 1.54) is 17.3 Å². The maximum Gasteiger partial charge on any atom is 0.274 e. The van der Waals surface area contributed by atoms with E-state index < -0.39 is 0 Å². The second-order valence-electron chi connectivity index (χ2n) is 8.02. The molecule has 5 rings (SSSR count). The van der Waals surface area contributed by atoms with Crippen LogP contribution in [0.2, 0.25) is 0 Å². The summed E-state index contributed by atoms with van der Waals surface area (Å²) < 4.78 is 0. The fraction of sp³-hybridized carbons (Fsp3) is 0.409. The fourth-order valence-corrected chi connectivity index (χ4v) is 5.19. The summed E-state index contributed by atoms with van der Waals surface area (Å²) in [6, 6.07) is 3.94. The highest BCUT2D eigenvalue weighted by Crippen LogP contribution is 2.30. The van der Waals surface area contributed by atoms with Gasteiger partial charge >= 0.3 is 0 Å². The molecule has 0 saturated carbocycles. The van der Waals surface area contributed by atoms with Gasteiger partial charge in [-0.3, -0.25) is 19.5 Å². The quantitative estimate of drug-likeness (QED) is 0.675. The van der Waals surface area contributed by atoms with E-state index in [0.29, 0.717) is 31.0 Å². The number of fused-ring (bicyclic) bond motifs is 1. The molecule has 1 N–H and O–H groups in total. The topological polar surface area (TPSA) is 95.1 Å². The molecule has 1 fully saturated rings. The molecule has 1 atom stereocenters. The third kappa shape index (κ3) is 4.15. The lowest BCUT2D eigenvalue weighted by Crippen LogP contribution is -2.41. The fourth-order valence-electron chi connectivity index (χ4n) is 4.44. The van der Waals surface area contributed by atoms with Gasteiger partial charge in [0, 0.05) is 49.0 Å². The Labute approximate surface area is 184 Å². The largest absolute Gasteiger partial charge is 0.327 e. The van der Waals surface area contributed by atoms with Gasteiger partial charge in [-0.25, -0.2) is 9.97 Å². The number of nitrogens with zero attached hydrogens (tertiary/aromatic N) is 5. The molecular formula is C22H24N6O2S. The lowest BCUT2D eigenvalue weighted by atomic mass is 9.99. The van der Waals surface area contributed by atoms with Crippen molar-refractivity contribution < 1.29 is 4.79 Å². The second kappa shape index (κ2) is 8.68. The van der Waals surface area contributed by atoms with Crippen LogP contribution < -0.4 is 5.56 Å². The molecule has 2 aliphatic heterocycles. The predicted octanol–water partition coefficient (Wildman–Crippen LogP) is 2.55. The van der Waals surface area contributed by atoms with Crippen LogP contribution in [0.15, 0.2) is 40.9 Å². The van der Waals surface area contributed by atoms with Gasteiger partial charge in [-0.1, -0.05) is 6.07 Å². The molecule has 1 saturated heterocycles. The van der Waals surface area contributed by atoms with Crippen LogP contribution in [0.25, 0.3) is 0 Å². The van der Waals surface area contributed by atoms with Gasteiger partial charge in [-0.05, 0) is 37.1 Å². The van der Waals surface area contributed by atoms with Gasteiger partial charge in [0.05, 0.1) is 17.9 Å².